The summed E-state index contributed by atoms with van der Waals surface area (Å²) in [5, 5.41) is 8.96. The highest BCUT2D eigenvalue weighted by molar-refractivity contribution is 5.96. The maximum atomic E-state index is 13.3. The van der Waals surface area contributed by atoms with Gasteiger partial charge >= 0.3 is 6.18 Å². The van der Waals surface area contributed by atoms with Gasteiger partial charge < -0.3 is 4.90 Å². The van der Waals surface area contributed by atoms with Gasteiger partial charge in [-0.2, -0.15) is 13.2 Å². The van der Waals surface area contributed by atoms with Crippen LogP contribution in [0.1, 0.15) is 39.0 Å². The largest absolute Gasteiger partial charge is 0.416 e. The maximum Gasteiger partial charge on any atom is 0.416 e. The van der Waals surface area contributed by atoms with Crippen LogP contribution < -0.4 is 5.48 Å². The summed E-state index contributed by atoms with van der Waals surface area (Å²) in [6.45, 7) is 0.261. The number of amides is 2. The number of hydrogen-bond donors (Lipinski definition) is 2. The molecule has 2 aromatic rings. The smallest absolute Gasteiger partial charge is 0.338 e. The molecule has 4 rings (SSSR count). The van der Waals surface area contributed by atoms with Crippen LogP contribution in [0.4, 0.5) is 13.2 Å². The van der Waals surface area contributed by atoms with E-state index in [9.17, 15) is 22.8 Å². The van der Waals surface area contributed by atoms with Crippen molar-refractivity contribution in [3.05, 3.63) is 70.3 Å². The van der Waals surface area contributed by atoms with Gasteiger partial charge in [0.05, 0.1) is 11.0 Å². The summed E-state index contributed by atoms with van der Waals surface area (Å²) in [5.74, 6) is -0.832. The SMILES string of the molecule is O=C(NO)c1cccc2c1CC1(CCN(Cc3ccccc3C(F)(F)F)C1=O)C2. The molecule has 0 saturated carbocycles. The van der Waals surface area contributed by atoms with Gasteiger partial charge in [0, 0.05) is 18.7 Å². The molecule has 5 nitrogen and oxygen atoms in total. The number of nitrogens with one attached hydrogen (secondary N) is 1. The van der Waals surface area contributed by atoms with Crippen molar-refractivity contribution >= 4 is 11.8 Å². The molecule has 1 aliphatic carbocycles. The third-order valence-electron chi connectivity index (χ3n) is 5.95. The summed E-state index contributed by atoms with van der Waals surface area (Å²) >= 11 is 0. The first-order chi connectivity index (χ1) is 13.7. The van der Waals surface area contributed by atoms with E-state index in [-0.39, 0.29) is 18.0 Å². The number of halogens is 3. The molecule has 2 amide bonds. The Balaban J connectivity index is 1.59. The van der Waals surface area contributed by atoms with E-state index in [4.69, 9.17) is 5.21 Å². The Morgan fingerprint density at radius 1 is 1.14 bits per heavy atom. The molecule has 152 valence electrons. The summed E-state index contributed by atoms with van der Waals surface area (Å²) in [6, 6.07) is 10.4. The van der Waals surface area contributed by atoms with Crippen LogP contribution in [-0.2, 0) is 30.4 Å². The van der Waals surface area contributed by atoms with E-state index in [1.165, 1.54) is 23.1 Å². The van der Waals surface area contributed by atoms with Gasteiger partial charge in [-0.25, -0.2) is 5.48 Å². The molecular weight excluding hydrogens is 385 g/mol. The number of nitrogens with zero attached hydrogens (tertiary/aromatic N) is 1. The molecule has 2 aromatic carbocycles. The van der Waals surface area contributed by atoms with Gasteiger partial charge in [-0.3, -0.25) is 14.8 Å². The van der Waals surface area contributed by atoms with Crippen molar-refractivity contribution in [2.45, 2.75) is 32.0 Å². The molecule has 0 bridgehead atoms. The highest BCUT2D eigenvalue weighted by Crippen LogP contribution is 2.46. The van der Waals surface area contributed by atoms with E-state index in [1.54, 1.807) is 17.6 Å². The zero-order chi connectivity index (χ0) is 20.8. The van der Waals surface area contributed by atoms with Crippen LogP contribution in [0.2, 0.25) is 0 Å². The Morgan fingerprint density at radius 3 is 2.62 bits per heavy atom. The first-order valence-electron chi connectivity index (χ1n) is 9.25. The lowest BCUT2D eigenvalue weighted by atomic mass is 9.83. The molecular formula is C21H19F3N2O3. The monoisotopic (exact) mass is 404 g/mol. The van der Waals surface area contributed by atoms with Crippen molar-refractivity contribution in [2.24, 2.45) is 5.41 Å². The summed E-state index contributed by atoms with van der Waals surface area (Å²) in [7, 11) is 0. The normalized spacial score (nSPS) is 21.0. The summed E-state index contributed by atoms with van der Waals surface area (Å²) in [5.41, 5.74) is 2.10. The Labute approximate surface area is 165 Å². The van der Waals surface area contributed by atoms with Crippen LogP contribution in [0.25, 0.3) is 0 Å². The fraction of sp³-hybridized carbons (Fsp3) is 0.333. The molecule has 2 N–H and O–H groups in total. The third-order valence-corrected chi connectivity index (χ3v) is 5.95. The van der Waals surface area contributed by atoms with Crippen molar-refractivity contribution in [1.82, 2.24) is 10.4 Å². The van der Waals surface area contributed by atoms with Crippen molar-refractivity contribution in [1.29, 1.82) is 0 Å². The fourth-order valence-electron chi connectivity index (χ4n) is 4.56. The van der Waals surface area contributed by atoms with Gasteiger partial charge in [-0.1, -0.05) is 30.3 Å². The van der Waals surface area contributed by atoms with Crippen LogP contribution in [0.5, 0.6) is 0 Å². The van der Waals surface area contributed by atoms with E-state index < -0.39 is 23.1 Å². The minimum absolute atomic E-state index is 0.0706. The molecule has 1 saturated heterocycles. The van der Waals surface area contributed by atoms with Gasteiger partial charge in [-0.15, -0.1) is 0 Å². The van der Waals surface area contributed by atoms with Gasteiger partial charge in [0.25, 0.3) is 5.91 Å². The van der Waals surface area contributed by atoms with Crippen LogP contribution in [0.15, 0.2) is 42.5 Å². The number of likely N-dealkylation sites (tertiary alicyclic amines) is 1. The molecule has 0 radical (unpaired) electrons. The van der Waals surface area contributed by atoms with Crippen molar-refractivity contribution < 1.29 is 28.0 Å². The molecule has 1 spiro atoms. The lowest BCUT2D eigenvalue weighted by molar-refractivity contribution is -0.140. The number of carbonyl (C=O) groups is 2. The van der Waals surface area contributed by atoms with E-state index in [1.807, 2.05) is 6.07 Å². The second-order valence-electron chi connectivity index (χ2n) is 7.65. The topological polar surface area (TPSA) is 69.6 Å². The van der Waals surface area contributed by atoms with Crippen molar-refractivity contribution in [3.8, 4) is 0 Å². The van der Waals surface area contributed by atoms with E-state index >= 15 is 0 Å². The lowest BCUT2D eigenvalue weighted by Crippen LogP contribution is -2.35. The van der Waals surface area contributed by atoms with Crippen LogP contribution in [-0.4, -0.2) is 28.5 Å². The fourth-order valence-corrected chi connectivity index (χ4v) is 4.56. The molecule has 8 heteroatoms. The molecule has 1 heterocycles. The molecule has 0 aromatic heterocycles. The zero-order valence-corrected chi connectivity index (χ0v) is 15.4. The van der Waals surface area contributed by atoms with Gasteiger partial charge in [-0.05, 0) is 48.1 Å². The number of benzene rings is 2. The van der Waals surface area contributed by atoms with Crippen LogP contribution in [0.3, 0.4) is 0 Å². The molecule has 1 unspecified atom stereocenters. The van der Waals surface area contributed by atoms with Gasteiger partial charge in [0.1, 0.15) is 0 Å². The van der Waals surface area contributed by atoms with Gasteiger partial charge in [0.15, 0.2) is 0 Å². The van der Waals surface area contributed by atoms with Crippen LogP contribution in [0, 0.1) is 5.41 Å². The lowest BCUT2D eigenvalue weighted by Gasteiger charge is -2.24. The zero-order valence-electron chi connectivity index (χ0n) is 15.4. The van der Waals surface area contributed by atoms with E-state index in [0.717, 1.165) is 11.6 Å². The Kier molecular flexibility index (Phi) is 4.61. The number of alkyl halides is 3. The minimum Gasteiger partial charge on any atom is -0.338 e. The average molecular weight is 404 g/mol. The van der Waals surface area contributed by atoms with E-state index in [2.05, 4.69) is 0 Å². The number of hydrogen-bond acceptors (Lipinski definition) is 3. The predicted molar refractivity (Wildman–Crippen MR) is 97.0 cm³/mol. The minimum atomic E-state index is -4.48. The molecule has 1 fully saturated rings. The number of fused-ring (bicyclic) bond motifs is 1. The summed E-state index contributed by atoms with van der Waals surface area (Å²) in [4.78, 5) is 26.6. The number of rotatable bonds is 3. The quantitative estimate of drug-likeness (QED) is 0.609. The van der Waals surface area contributed by atoms with Crippen molar-refractivity contribution in [3.63, 3.8) is 0 Å². The Hall–Kier alpha value is -2.87. The third kappa shape index (κ3) is 3.27. The maximum absolute atomic E-state index is 13.3. The summed E-state index contributed by atoms with van der Waals surface area (Å²) < 4.78 is 39.9. The first kappa shape index (κ1) is 19.4. The highest BCUT2D eigenvalue weighted by atomic mass is 19.4. The first-order valence-corrected chi connectivity index (χ1v) is 9.25. The molecule has 1 aliphatic heterocycles. The second-order valence-corrected chi connectivity index (χ2v) is 7.65. The van der Waals surface area contributed by atoms with Crippen LogP contribution >= 0.6 is 0 Å². The molecule has 1 atom stereocenters. The average Bonchev–Trinajstić information content (AvgIpc) is 3.22. The van der Waals surface area contributed by atoms with Gasteiger partial charge in [0.2, 0.25) is 5.91 Å². The number of carbonyl (C=O) groups excluding carboxylic acids is 2. The highest BCUT2D eigenvalue weighted by Gasteiger charge is 2.51. The molecule has 2 aliphatic rings. The standard InChI is InChI=1S/C21H19F3N2O3/c22-21(23,24)17-7-2-1-4-14(17)12-26-9-8-20(19(26)28)10-13-5-3-6-15(16(13)11-20)18(27)25-29/h1-7,29H,8-12H2,(H,25,27). The number of hydroxylamine groups is 1. The van der Waals surface area contributed by atoms with Crippen molar-refractivity contribution in [2.75, 3.05) is 6.54 Å². The predicted octanol–water partition coefficient (Wildman–Crippen LogP) is 3.34. The molecule has 29 heavy (non-hydrogen) atoms. The van der Waals surface area contributed by atoms with E-state index in [0.29, 0.717) is 36.9 Å². The second kappa shape index (κ2) is 6.88. The summed E-state index contributed by atoms with van der Waals surface area (Å²) in [6.07, 6.45) is -3.20. The Bertz CT molecular complexity index is 989. The Morgan fingerprint density at radius 2 is 1.90 bits per heavy atom.